The van der Waals surface area contributed by atoms with Gasteiger partial charge in [0.15, 0.2) is 0 Å². The zero-order valence-corrected chi connectivity index (χ0v) is 34.0. The van der Waals surface area contributed by atoms with Crippen molar-refractivity contribution in [3.63, 3.8) is 0 Å². The summed E-state index contributed by atoms with van der Waals surface area (Å²) in [4.78, 5) is 5.74. The number of thiophene rings is 1. The second-order valence-corrected chi connectivity index (χ2v) is 16.9. The second kappa shape index (κ2) is 14.6. The van der Waals surface area contributed by atoms with Crippen LogP contribution in [-0.4, -0.2) is 4.98 Å². The predicted molar refractivity (Wildman–Crippen MR) is 262 cm³/mol. The molecule has 0 spiro atoms. The van der Waals surface area contributed by atoms with Crippen LogP contribution in [0.5, 0.6) is 0 Å². The lowest BCUT2D eigenvalue weighted by Gasteiger charge is -2.15. The van der Waals surface area contributed by atoms with Crippen LogP contribution in [0.2, 0.25) is 0 Å². The van der Waals surface area contributed by atoms with E-state index in [1.54, 1.807) is 11.3 Å². The fourth-order valence-corrected chi connectivity index (χ4v) is 10.5. The van der Waals surface area contributed by atoms with E-state index < -0.39 is 0 Å². The Morgan fingerprint density at radius 1 is 0.246 bits per heavy atom. The molecule has 0 radical (unpaired) electrons. The Hall–Kier alpha value is -7.65. The minimum Gasteiger partial charge on any atom is -0.245 e. The standard InChI is InChI=1S/C59H37NS/c1-2-13-38(14-3-1)46-34-47(36-48(35-46)44-28-29-54-52-23-5-4-21-50(52)51-22-6-7-24-53(51)57(54)37-44)43-19-9-17-41(32-43)39-15-8-16-40(31-39)42-18-10-20-45(33-42)49-25-11-26-55-56-27-12-30-60-59(56)61-58(49)55/h1-37H. The average molecular weight is 792 g/mol. The first kappa shape index (κ1) is 35.3. The van der Waals surface area contributed by atoms with E-state index in [0.29, 0.717) is 0 Å². The molecule has 1 nitrogen and oxygen atoms in total. The first-order valence-electron chi connectivity index (χ1n) is 20.8. The van der Waals surface area contributed by atoms with Gasteiger partial charge in [-0.25, -0.2) is 4.98 Å². The molecule has 0 unspecified atom stereocenters. The molecule has 12 rings (SSSR count). The number of benzene rings is 10. The number of nitrogens with zero attached hydrogens (tertiary/aromatic N) is 1. The first-order valence-corrected chi connectivity index (χ1v) is 21.7. The molecule has 0 aliphatic carbocycles. The minimum absolute atomic E-state index is 1.08. The fourth-order valence-electron chi connectivity index (χ4n) is 9.33. The molecule has 284 valence electrons. The predicted octanol–water partition coefficient (Wildman–Crippen LogP) is 16.9. The van der Waals surface area contributed by atoms with E-state index in [1.807, 2.05) is 12.3 Å². The zero-order valence-electron chi connectivity index (χ0n) is 33.2. The number of pyridine rings is 1. The summed E-state index contributed by atoms with van der Waals surface area (Å²) in [6, 6.07) is 80.2. The van der Waals surface area contributed by atoms with Crippen molar-refractivity contribution < 1.29 is 0 Å². The van der Waals surface area contributed by atoms with Crippen LogP contribution < -0.4 is 0 Å². The van der Waals surface area contributed by atoms with Crippen molar-refractivity contribution in [2.24, 2.45) is 0 Å². The van der Waals surface area contributed by atoms with Crippen LogP contribution in [0.1, 0.15) is 0 Å². The largest absolute Gasteiger partial charge is 0.245 e. The molecular formula is C59H37NS. The maximum atomic E-state index is 4.66. The van der Waals surface area contributed by atoms with Crippen LogP contribution in [0.15, 0.2) is 225 Å². The summed E-state index contributed by atoms with van der Waals surface area (Å²) in [6.45, 7) is 0. The van der Waals surface area contributed by atoms with Crippen LogP contribution in [-0.2, 0) is 0 Å². The Morgan fingerprint density at radius 2 is 0.656 bits per heavy atom. The van der Waals surface area contributed by atoms with Crippen molar-refractivity contribution in [3.05, 3.63) is 225 Å². The van der Waals surface area contributed by atoms with Crippen LogP contribution in [0.25, 0.3) is 119 Å². The average Bonchev–Trinajstić information content (AvgIpc) is 3.73. The van der Waals surface area contributed by atoms with E-state index in [-0.39, 0.29) is 0 Å². The third-order valence-electron chi connectivity index (χ3n) is 12.3. The molecule has 0 atom stereocenters. The van der Waals surface area contributed by atoms with Gasteiger partial charge in [-0.15, -0.1) is 11.3 Å². The Labute approximate surface area is 358 Å². The number of hydrogen-bond donors (Lipinski definition) is 0. The van der Waals surface area contributed by atoms with Crippen molar-refractivity contribution in [3.8, 4) is 66.8 Å². The lowest BCUT2D eigenvalue weighted by Crippen LogP contribution is -1.88. The summed E-state index contributed by atoms with van der Waals surface area (Å²) < 4.78 is 1.28. The smallest absolute Gasteiger partial charge is 0.124 e. The Balaban J connectivity index is 0.942. The van der Waals surface area contributed by atoms with Crippen molar-refractivity contribution >= 4 is 64.0 Å². The fraction of sp³-hybridized carbons (Fsp3) is 0. The summed E-state index contributed by atoms with van der Waals surface area (Å²) in [6.07, 6.45) is 1.88. The topological polar surface area (TPSA) is 12.9 Å². The molecule has 2 heteroatoms. The van der Waals surface area contributed by atoms with Gasteiger partial charge < -0.3 is 0 Å². The molecule has 10 aromatic carbocycles. The minimum atomic E-state index is 1.08. The Morgan fingerprint density at radius 3 is 1.28 bits per heavy atom. The zero-order chi connectivity index (χ0) is 40.3. The maximum absolute atomic E-state index is 4.66. The molecule has 12 aromatic rings. The normalized spacial score (nSPS) is 11.6. The highest BCUT2D eigenvalue weighted by Crippen LogP contribution is 2.42. The van der Waals surface area contributed by atoms with Gasteiger partial charge in [0, 0.05) is 21.7 Å². The van der Waals surface area contributed by atoms with Gasteiger partial charge >= 0.3 is 0 Å². The Kier molecular flexibility index (Phi) is 8.43. The van der Waals surface area contributed by atoms with Gasteiger partial charge in [0.25, 0.3) is 0 Å². The monoisotopic (exact) mass is 791 g/mol. The lowest BCUT2D eigenvalue weighted by atomic mass is 9.89. The molecule has 0 fully saturated rings. The van der Waals surface area contributed by atoms with Gasteiger partial charge in [-0.3, -0.25) is 0 Å². The van der Waals surface area contributed by atoms with Crippen molar-refractivity contribution in [1.82, 2.24) is 4.98 Å². The molecule has 0 bridgehead atoms. The van der Waals surface area contributed by atoms with Gasteiger partial charge in [-0.05, 0) is 154 Å². The van der Waals surface area contributed by atoms with Gasteiger partial charge in [-0.1, -0.05) is 164 Å². The molecule has 0 aliphatic rings. The summed E-state index contributed by atoms with van der Waals surface area (Å²) >= 11 is 1.77. The molecule has 0 N–H and O–H groups in total. The summed E-state index contributed by atoms with van der Waals surface area (Å²) in [5.41, 5.74) is 14.4. The highest BCUT2D eigenvalue weighted by atomic mass is 32.1. The van der Waals surface area contributed by atoms with E-state index in [4.69, 9.17) is 0 Å². The highest BCUT2D eigenvalue weighted by molar-refractivity contribution is 7.26. The van der Waals surface area contributed by atoms with Gasteiger partial charge in [-0.2, -0.15) is 0 Å². The Bertz CT molecular complexity index is 3620. The third kappa shape index (κ3) is 6.20. The quantitative estimate of drug-likeness (QED) is 0.153. The lowest BCUT2D eigenvalue weighted by molar-refractivity contribution is 1.45. The van der Waals surface area contributed by atoms with E-state index in [1.165, 1.54) is 115 Å². The molecule has 0 saturated carbocycles. The SMILES string of the molecule is c1ccc(-c2cc(-c3cccc(-c4cccc(-c5cccc(-c6cccc7c6sc6ncccc67)c5)c4)c3)cc(-c3ccc4c5ccccc5c5ccccc5c4c3)c2)cc1. The van der Waals surface area contributed by atoms with Crippen molar-refractivity contribution in [1.29, 1.82) is 0 Å². The molecule has 2 aromatic heterocycles. The highest BCUT2D eigenvalue weighted by Gasteiger charge is 2.15. The van der Waals surface area contributed by atoms with E-state index in [9.17, 15) is 0 Å². The van der Waals surface area contributed by atoms with Gasteiger partial charge in [0.1, 0.15) is 4.83 Å². The maximum Gasteiger partial charge on any atom is 0.124 e. The van der Waals surface area contributed by atoms with Crippen LogP contribution in [0.4, 0.5) is 0 Å². The van der Waals surface area contributed by atoms with E-state index in [0.717, 1.165) is 4.83 Å². The number of hydrogen-bond acceptors (Lipinski definition) is 2. The summed E-state index contributed by atoms with van der Waals surface area (Å²) in [7, 11) is 0. The molecule has 2 heterocycles. The molecular weight excluding hydrogens is 755 g/mol. The molecule has 0 aliphatic heterocycles. The second-order valence-electron chi connectivity index (χ2n) is 15.9. The summed E-state index contributed by atoms with van der Waals surface area (Å²) in [5.74, 6) is 0. The van der Waals surface area contributed by atoms with E-state index in [2.05, 4.69) is 217 Å². The summed E-state index contributed by atoms with van der Waals surface area (Å²) in [5, 5.41) is 10.2. The van der Waals surface area contributed by atoms with E-state index >= 15 is 0 Å². The van der Waals surface area contributed by atoms with Crippen molar-refractivity contribution in [2.75, 3.05) is 0 Å². The molecule has 0 amide bonds. The van der Waals surface area contributed by atoms with Crippen LogP contribution in [0.3, 0.4) is 0 Å². The van der Waals surface area contributed by atoms with Gasteiger partial charge in [0.05, 0.1) is 0 Å². The molecule has 61 heavy (non-hydrogen) atoms. The van der Waals surface area contributed by atoms with Gasteiger partial charge in [0.2, 0.25) is 0 Å². The van der Waals surface area contributed by atoms with Crippen molar-refractivity contribution in [2.45, 2.75) is 0 Å². The number of rotatable bonds is 6. The number of fused-ring (bicyclic) bond motifs is 9. The third-order valence-corrected chi connectivity index (χ3v) is 13.5. The van der Waals surface area contributed by atoms with Crippen LogP contribution in [0, 0.1) is 0 Å². The van der Waals surface area contributed by atoms with Crippen LogP contribution >= 0.6 is 11.3 Å². The first-order chi connectivity index (χ1) is 30.2. The molecule has 0 saturated heterocycles. The number of aromatic nitrogens is 1.